The first-order valence-electron chi connectivity index (χ1n) is 6.22. The molecule has 4 heteroatoms. The van der Waals surface area contributed by atoms with E-state index in [1.165, 1.54) is 4.57 Å². The van der Waals surface area contributed by atoms with Crippen molar-refractivity contribution in [3.05, 3.63) is 71.4 Å². The smallest absolute Gasteiger partial charge is 0.418 e. The lowest BCUT2D eigenvalue weighted by Crippen LogP contribution is -2.12. The number of hydrogen-bond acceptors (Lipinski definition) is 2. The second-order valence-corrected chi connectivity index (χ2v) is 4.81. The zero-order chi connectivity index (χ0) is 13.9. The molecule has 100 valence electrons. The van der Waals surface area contributed by atoms with Crippen LogP contribution in [0.15, 0.2) is 60.8 Å². The third-order valence-electron chi connectivity index (χ3n) is 3.08. The van der Waals surface area contributed by atoms with Crippen LogP contribution < -0.4 is 0 Å². The van der Waals surface area contributed by atoms with Gasteiger partial charge in [0.05, 0.1) is 5.52 Å². The summed E-state index contributed by atoms with van der Waals surface area (Å²) in [5.74, 6) is 0. The molecule has 0 radical (unpaired) electrons. The quantitative estimate of drug-likeness (QED) is 0.695. The first-order valence-corrected chi connectivity index (χ1v) is 6.60. The molecular weight excluding hydrogens is 274 g/mol. The predicted octanol–water partition coefficient (Wildman–Crippen LogP) is 4.48. The third-order valence-corrected chi connectivity index (χ3v) is 3.41. The highest BCUT2D eigenvalue weighted by Gasteiger charge is 2.11. The summed E-state index contributed by atoms with van der Waals surface area (Å²) in [4.78, 5) is 12.1. The Bertz CT molecular complexity index is 750. The first-order chi connectivity index (χ1) is 9.75. The van der Waals surface area contributed by atoms with Crippen LogP contribution in [-0.4, -0.2) is 10.7 Å². The molecule has 0 aliphatic heterocycles. The molecule has 0 saturated heterocycles. The molecule has 3 aromatic rings. The van der Waals surface area contributed by atoms with Gasteiger partial charge in [-0.3, -0.25) is 4.57 Å². The summed E-state index contributed by atoms with van der Waals surface area (Å²) in [5.41, 5.74) is 1.70. The number of carbonyl (C=O) groups is 1. The summed E-state index contributed by atoms with van der Waals surface area (Å²) >= 11 is 6.08. The Labute approximate surface area is 121 Å². The van der Waals surface area contributed by atoms with Gasteiger partial charge < -0.3 is 4.74 Å². The van der Waals surface area contributed by atoms with Crippen LogP contribution in [-0.2, 0) is 11.3 Å². The van der Waals surface area contributed by atoms with E-state index in [-0.39, 0.29) is 6.61 Å². The Kier molecular flexibility index (Phi) is 3.44. The molecule has 3 rings (SSSR count). The van der Waals surface area contributed by atoms with E-state index in [2.05, 4.69) is 0 Å². The fraction of sp³-hybridized carbons (Fsp3) is 0.0625. The number of benzene rings is 2. The van der Waals surface area contributed by atoms with Crippen molar-refractivity contribution in [2.24, 2.45) is 0 Å². The van der Waals surface area contributed by atoms with Crippen molar-refractivity contribution >= 4 is 28.6 Å². The van der Waals surface area contributed by atoms with Gasteiger partial charge in [0.2, 0.25) is 0 Å². The largest absolute Gasteiger partial charge is 0.444 e. The molecule has 0 N–H and O–H groups in total. The van der Waals surface area contributed by atoms with Crippen LogP contribution >= 0.6 is 11.6 Å². The van der Waals surface area contributed by atoms with Crippen LogP contribution in [0.5, 0.6) is 0 Å². The summed E-state index contributed by atoms with van der Waals surface area (Å²) in [6, 6.07) is 16.8. The van der Waals surface area contributed by atoms with Crippen LogP contribution in [0.2, 0.25) is 5.02 Å². The monoisotopic (exact) mass is 285 g/mol. The highest BCUT2D eigenvalue weighted by molar-refractivity contribution is 6.35. The number of hydrogen-bond donors (Lipinski definition) is 0. The van der Waals surface area contributed by atoms with Gasteiger partial charge in [0.25, 0.3) is 0 Å². The minimum absolute atomic E-state index is 0.250. The first kappa shape index (κ1) is 12.8. The minimum atomic E-state index is -0.411. The van der Waals surface area contributed by atoms with Crippen LogP contribution in [0.25, 0.3) is 10.9 Å². The number of halogens is 1. The molecule has 20 heavy (non-hydrogen) atoms. The molecule has 3 nitrogen and oxygen atoms in total. The van der Waals surface area contributed by atoms with E-state index in [0.29, 0.717) is 5.02 Å². The lowest BCUT2D eigenvalue weighted by atomic mass is 10.2. The van der Waals surface area contributed by atoms with Gasteiger partial charge in [-0.05, 0) is 23.8 Å². The van der Waals surface area contributed by atoms with Crippen LogP contribution in [0.1, 0.15) is 5.56 Å². The van der Waals surface area contributed by atoms with Gasteiger partial charge in [0, 0.05) is 16.6 Å². The SMILES string of the molecule is O=C(OCc1ccccc1)n1ccc2c(Cl)cccc21. The van der Waals surface area contributed by atoms with E-state index < -0.39 is 6.09 Å². The Hall–Kier alpha value is -2.26. The highest BCUT2D eigenvalue weighted by Crippen LogP contribution is 2.24. The zero-order valence-electron chi connectivity index (χ0n) is 10.6. The standard InChI is InChI=1S/C16H12ClNO2/c17-14-7-4-8-15-13(14)9-10-18(15)16(19)20-11-12-5-2-1-3-6-12/h1-10H,11H2. The lowest BCUT2D eigenvalue weighted by molar-refractivity contribution is 0.142. The summed E-state index contributed by atoms with van der Waals surface area (Å²) in [6.45, 7) is 0.250. The van der Waals surface area contributed by atoms with Gasteiger partial charge in [-0.1, -0.05) is 48.0 Å². The van der Waals surface area contributed by atoms with Gasteiger partial charge >= 0.3 is 6.09 Å². The van der Waals surface area contributed by atoms with Crippen LogP contribution in [0.4, 0.5) is 4.79 Å². The van der Waals surface area contributed by atoms with Gasteiger partial charge in [0.1, 0.15) is 6.61 Å². The van der Waals surface area contributed by atoms with Crippen molar-refractivity contribution in [3.8, 4) is 0 Å². The van der Waals surface area contributed by atoms with Crippen molar-refractivity contribution in [3.63, 3.8) is 0 Å². The average molecular weight is 286 g/mol. The van der Waals surface area contributed by atoms with E-state index in [1.54, 1.807) is 18.3 Å². The minimum Gasteiger partial charge on any atom is -0.444 e. The van der Waals surface area contributed by atoms with Crippen LogP contribution in [0.3, 0.4) is 0 Å². The average Bonchev–Trinajstić information content (AvgIpc) is 2.91. The fourth-order valence-electron chi connectivity index (χ4n) is 2.08. The molecule has 0 aliphatic carbocycles. The van der Waals surface area contributed by atoms with Crippen molar-refractivity contribution in [2.45, 2.75) is 6.61 Å². The second-order valence-electron chi connectivity index (χ2n) is 4.40. The van der Waals surface area contributed by atoms with Crippen molar-refractivity contribution in [1.29, 1.82) is 0 Å². The molecule has 0 aliphatic rings. The molecule has 1 heterocycles. The summed E-state index contributed by atoms with van der Waals surface area (Å²) in [5, 5.41) is 1.46. The van der Waals surface area contributed by atoms with Gasteiger partial charge in [-0.2, -0.15) is 0 Å². The number of fused-ring (bicyclic) bond motifs is 1. The number of ether oxygens (including phenoxy) is 1. The molecule has 0 amide bonds. The van der Waals surface area contributed by atoms with Crippen molar-refractivity contribution in [1.82, 2.24) is 4.57 Å². The zero-order valence-corrected chi connectivity index (χ0v) is 11.4. The van der Waals surface area contributed by atoms with Crippen molar-refractivity contribution < 1.29 is 9.53 Å². The molecule has 1 aromatic heterocycles. The summed E-state index contributed by atoms with van der Waals surface area (Å²) in [6.07, 6.45) is 1.26. The summed E-state index contributed by atoms with van der Waals surface area (Å²) in [7, 11) is 0. The molecular formula is C16H12ClNO2. The predicted molar refractivity (Wildman–Crippen MR) is 79.0 cm³/mol. The molecule has 2 aromatic carbocycles. The van der Waals surface area contributed by atoms with E-state index in [0.717, 1.165) is 16.5 Å². The maximum Gasteiger partial charge on any atom is 0.418 e. The number of aromatic nitrogens is 1. The Balaban J connectivity index is 1.81. The van der Waals surface area contributed by atoms with Gasteiger partial charge in [-0.25, -0.2) is 4.79 Å². The van der Waals surface area contributed by atoms with Gasteiger partial charge in [0.15, 0.2) is 0 Å². The number of carbonyl (C=O) groups excluding carboxylic acids is 1. The van der Waals surface area contributed by atoms with Gasteiger partial charge in [-0.15, -0.1) is 0 Å². The second kappa shape index (κ2) is 5.39. The maximum absolute atomic E-state index is 12.1. The number of nitrogens with zero attached hydrogens (tertiary/aromatic N) is 1. The van der Waals surface area contributed by atoms with Crippen molar-refractivity contribution in [2.75, 3.05) is 0 Å². The Morgan fingerprint density at radius 2 is 1.85 bits per heavy atom. The van der Waals surface area contributed by atoms with Crippen LogP contribution in [0, 0.1) is 0 Å². The molecule has 0 spiro atoms. The topological polar surface area (TPSA) is 31.2 Å². The Morgan fingerprint density at radius 3 is 2.65 bits per heavy atom. The molecule has 0 unspecified atom stereocenters. The number of rotatable bonds is 2. The van der Waals surface area contributed by atoms with E-state index in [4.69, 9.17) is 16.3 Å². The third kappa shape index (κ3) is 2.40. The molecule has 0 atom stereocenters. The normalized spacial score (nSPS) is 10.7. The summed E-state index contributed by atoms with van der Waals surface area (Å²) < 4.78 is 6.76. The van der Waals surface area contributed by atoms with E-state index in [9.17, 15) is 4.79 Å². The Morgan fingerprint density at radius 1 is 1.05 bits per heavy atom. The maximum atomic E-state index is 12.1. The van der Waals surface area contributed by atoms with E-state index in [1.807, 2.05) is 42.5 Å². The fourth-order valence-corrected chi connectivity index (χ4v) is 2.31. The lowest BCUT2D eigenvalue weighted by Gasteiger charge is -2.06. The molecule has 0 bridgehead atoms. The highest BCUT2D eigenvalue weighted by atomic mass is 35.5. The molecule has 0 saturated carbocycles. The molecule has 0 fully saturated rings. The van der Waals surface area contributed by atoms with E-state index >= 15 is 0 Å².